The van der Waals surface area contributed by atoms with E-state index in [1.807, 2.05) is 16.5 Å². The normalized spacial score (nSPS) is 15.0. The van der Waals surface area contributed by atoms with Crippen molar-refractivity contribution in [2.75, 3.05) is 46.4 Å². The number of ether oxygens (including phenoxy) is 1. The molecule has 0 saturated carbocycles. The van der Waals surface area contributed by atoms with E-state index in [0.29, 0.717) is 32.0 Å². The Morgan fingerprint density at radius 2 is 2.00 bits per heavy atom. The number of rotatable bonds is 7. The van der Waals surface area contributed by atoms with Crippen molar-refractivity contribution in [3.8, 4) is 0 Å². The number of nitrogens with one attached hydrogen (secondary N) is 1. The zero-order valence-electron chi connectivity index (χ0n) is 18.3. The summed E-state index contributed by atoms with van der Waals surface area (Å²) in [6.07, 6.45) is 1.53. The minimum Gasteiger partial charge on any atom is -0.459 e. The fourth-order valence-corrected chi connectivity index (χ4v) is 3.62. The van der Waals surface area contributed by atoms with Gasteiger partial charge in [-0.2, -0.15) is 5.10 Å². The van der Waals surface area contributed by atoms with Crippen molar-refractivity contribution >= 4 is 11.9 Å². The molecule has 0 spiro atoms. The summed E-state index contributed by atoms with van der Waals surface area (Å²) in [5.74, 6) is 1.20. The largest absolute Gasteiger partial charge is 0.459 e. The lowest BCUT2D eigenvalue weighted by Crippen LogP contribution is -2.53. The number of amides is 1. The maximum absolute atomic E-state index is 12.5. The summed E-state index contributed by atoms with van der Waals surface area (Å²) < 4.78 is 12.4. The van der Waals surface area contributed by atoms with E-state index in [2.05, 4.69) is 29.2 Å². The van der Waals surface area contributed by atoms with Gasteiger partial charge in [0.05, 0.1) is 31.7 Å². The van der Waals surface area contributed by atoms with Crippen LogP contribution in [0.3, 0.4) is 0 Å². The number of carbonyl (C=O) groups excluding carboxylic acids is 1. The van der Waals surface area contributed by atoms with Crippen molar-refractivity contribution in [3.05, 3.63) is 41.1 Å². The van der Waals surface area contributed by atoms with E-state index >= 15 is 0 Å². The molecule has 1 N–H and O–H groups in total. The zero-order chi connectivity index (χ0) is 21.5. The van der Waals surface area contributed by atoms with Crippen molar-refractivity contribution in [1.29, 1.82) is 0 Å². The van der Waals surface area contributed by atoms with Gasteiger partial charge in [0.2, 0.25) is 0 Å². The molecule has 1 aliphatic heterocycles. The molecule has 0 bridgehead atoms. The first-order valence-electron chi connectivity index (χ1n) is 10.4. The first-order chi connectivity index (χ1) is 14.5. The Morgan fingerprint density at radius 1 is 1.27 bits per heavy atom. The van der Waals surface area contributed by atoms with Crippen molar-refractivity contribution < 1.29 is 13.9 Å². The van der Waals surface area contributed by atoms with Gasteiger partial charge >= 0.3 is 0 Å². The summed E-state index contributed by atoms with van der Waals surface area (Å²) in [5.41, 5.74) is 3.27. The number of piperazine rings is 1. The lowest BCUT2D eigenvalue weighted by Gasteiger charge is -2.36. The molecule has 164 valence electrons. The van der Waals surface area contributed by atoms with Gasteiger partial charge in [-0.1, -0.05) is 0 Å². The second kappa shape index (κ2) is 10.3. The van der Waals surface area contributed by atoms with E-state index in [1.165, 1.54) is 6.26 Å². The van der Waals surface area contributed by atoms with Crippen molar-refractivity contribution in [2.45, 2.75) is 33.9 Å². The number of guanidine groups is 1. The van der Waals surface area contributed by atoms with Gasteiger partial charge < -0.3 is 24.3 Å². The van der Waals surface area contributed by atoms with Gasteiger partial charge in [-0.15, -0.1) is 0 Å². The number of aromatic nitrogens is 2. The van der Waals surface area contributed by atoms with E-state index in [1.54, 1.807) is 19.2 Å². The van der Waals surface area contributed by atoms with Gasteiger partial charge in [0.1, 0.15) is 0 Å². The first-order valence-corrected chi connectivity index (χ1v) is 10.4. The quantitative estimate of drug-likeness (QED) is 0.546. The number of furan rings is 1. The van der Waals surface area contributed by atoms with E-state index in [9.17, 15) is 4.79 Å². The van der Waals surface area contributed by atoms with Gasteiger partial charge in [-0.25, -0.2) is 4.99 Å². The summed E-state index contributed by atoms with van der Waals surface area (Å²) >= 11 is 0. The molecule has 9 nitrogen and oxygen atoms in total. The second-order valence-corrected chi connectivity index (χ2v) is 7.29. The van der Waals surface area contributed by atoms with Gasteiger partial charge in [0, 0.05) is 51.1 Å². The van der Waals surface area contributed by atoms with Crippen LogP contribution in [0.25, 0.3) is 0 Å². The molecule has 0 aliphatic carbocycles. The van der Waals surface area contributed by atoms with Gasteiger partial charge in [0.25, 0.3) is 5.91 Å². The zero-order valence-corrected chi connectivity index (χ0v) is 18.3. The molecule has 3 heterocycles. The molecule has 1 amide bonds. The Morgan fingerprint density at radius 3 is 2.63 bits per heavy atom. The Balaban J connectivity index is 1.64. The molecule has 0 atom stereocenters. The Kier molecular flexibility index (Phi) is 7.51. The van der Waals surface area contributed by atoms with Crippen LogP contribution in [0.1, 0.15) is 34.4 Å². The van der Waals surface area contributed by atoms with E-state index in [-0.39, 0.29) is 5.91 Å². The third-order valence-corrected chi connectivity index (χ3v) is 5.36. The van der Waals surface area contributed by atoms with Gasteiger partial charge in [0.15, 0.2) is 11.7 Å². The Bertz CT molecular complexity index is 850. The third kappa shape index (κ3) is 5.02. The van der Waals surface area contributed by atoms with Crippen LogP contribution < -0.4 is 5.32 Å². The number of carbonyl (C=O) groups is 1. The molecule has 2 aromatic heterocycles. The smallest absolute Gasteiger partial charge is 0.289 e. The van der Waals surface area contributed by atoms with E-state index in [0.717, 1.165) is 49.1 Å². The highest BCUT2D eigenvalue weighted by molar-refractivity contribution is 5.91. The average Bonchev–Trinajstić information content (AvgIpc) is 3.38. The van der Waals surface area contributed by atoms with Crippen molar-refractivity contribution in [3.63, 3.8) is 0 Å². The van der Waals surface area contributed by atoms with E-state index in [4.69, 9.17) is 14.1 Å². The maximum atomic E-state index is 12.5. The monoisotopic (exact) mass is 416 g/mol. The number of hydrogen-bond acceptors (Lipinski definition) is 5. The van der Waals surface area contributed by atoms with Crippen LogP contribution in [0.15, 0.2) is 27.8 Å². The predicted octanol–water partition coefficient (Wildman–Crippen LogP) is 1.66. The summed E-state index contributed by atoms with van der Waals surface area (Å²) in [6.45, 7) is 11.6. The number of aliphatic imine (C=N–C) groups is 1. The minimum absolute atomic E-state index is 0.0590. The molecule has 0 radical (unpaired) electrons. The molecule has 0 unspecified atom stereocenters. The first kappa shape index (κ1) is 21.9. The molecule has 1 saturated heterocycles. The molecule has 2 aromatic rings. The topological polar surface area (TPSA) is 88.1 Å². The predicted molar refractivity (Wildman–Crippen MR) is 115 cm³/mol. The SMILES string of the molecule is CCNC(=NCc1c(C)nn(CCOC)c1C)N1CCN(C(=O)c2ccco2)CC1. The molecule has 1 aliphatic rings. The molecule has 0 aromatic carbocycles. The highest BCUT2D eigenvalue weighted by atomic mass is 16.5. The molecule has 1 fully saturated rings. The van der Waals surface area contributed by atoms with Crippen molar-refractivity contribution in [2.24, 2.45) is 4.99 Å². The van der Waals surface area contributed by atoms with Crippen LogP contribution in [0.5, 0.6) is 0 Å². The number of aryl methyl sites for hydroxylation is 1. The molecular formula is C21H32N6O3. The lowest BCUT2D eigenvalue weighted by molar-refractivity contribution is 0.0657. The number of methoxy groups -OCH3 is 1. The highest BCUT2D eigenvalue weighted by Gasteiger charge is 2.25. The molecule has 30 heavy (non-hydrogen) atoms. The summed E-state index contributed by atoms with van der Waals surface area (Å²) in [6, 6.07) is 3.44. The van der Waals surface area contributed by atoms with Crippen LogP contribution in [0.2, 0.25) is 0 Å². The fraction of sp³-hybridized carbons (Fsp3) is 0.571. The van der Waals surface area contributed by atoms with Crippen molar-refractivity contribution in [1.82, 2.24) is 24.9 Å². The molecular weight excluding hydrogens is 384 g/mol. The fourth-order valence-electron chi connectivity index (χ4n) is 3.62. The highest BCUT2D eigenvalue weighted by Crippen LogP contribution is 2.15. The minimum atomic E-state index is -0.0590. The average molecular weight is 417 g/mol. The van der Waals surface area contributed by atoms with Crippen LogP contribution >= 0.6 is 0 Å². The van der Waals surface area contributed by atoms with Crippen LogP contribution in [0, 0.1) is 13.8 Å². The van der Waals surface area contributed by atoms with E-state index < -0.39 is 0 Å². The summed E-state index contributed by atoms with van der Waals surface area (Å²) in [4.78, 5) is 21.4. The molecule has 9 heteroatoms. The Labute approximate surface area is 177 Å². The van der Waals surface area contributed by atoms with Gasteiger partial charge in [-0.05, 0) is 32.9 Å². The lowest BCUT2D eigenvalue weighted by atomic mass is 10.2. The third-order valence-electron chi connectivity index (χ3n) is 5.36. The van der Waals surface area contributed by atoms with Crippen LogP contribution in [-0.2, 0) is 17.8 Å². The van der Waals surface area contributed by atoms with Crippen LogP contribution in [-0.4, -0.2) is 77.9 Å². The van der Waals surface area contributed by atoms with Crippen LogP contribution in [0.4, 0.5) is 0 Å². The second-order valence-electron chi connectivity index (χ2n) is 7.29. The molecule has 3 rings (SSSR count). The summed E-state index contributed by atoms with van der Waals surface area (Å²) in [7, 11) is 1.70. The number of hydrogen-bond donors (Lipinski definition) is 1. The maximum Gasteiger partial charge on any atom is 0.289 e. The standard InChI is InChI=1S/C21H32N6O3/c1-5-22-21(23-15-18-16(2)24-27(17(18)3)12-14-29-4)26-10-8-25(9-11-26)20(28)19-7-6-13-30-19/h6-7,13H,5,8-12,14-15H2,1-4H3,(H,22,23). The number of nitrogens with zero attached hydrogens (tertiary/aromatic N) is 5. The Hall–Kier alpha value is -2.81. The summed E-state index contributed by atoms with van der Waals surface area (Å²) in [5, 5.41) is 8.00. The van der Waals surface area contributed by atoms with Gasteiger partial charge in [-0.3, -0.25) is 9.48 Å².